The zero-order valence-electron chi connectivity index (χ0n) is 12.3. The summed E-state index contributed by atoms with van der Waals surface area (Å²) >= 11 is 5.97. The van der Waals surface area contributed by atoms with Crippen molar-refractivity contribution in [3.8, 4) is 5.75 Å². The Balaban J connectivity index is 1.71. The summed E-state index contributed by atoms with van der Waals surface area (Å²) in [5.41, 5.74) is 5.30. The molecule has 6 nitrogen and oxygen atoms in total. The third-order valence-corrected chi connectivity index (χ3v) is 3.90. The number of piperidine rings is 1. The Hall–Kier alpha value is -1.95. The molecule has 1 fully saturated rings. The number of rotatable bonds is 5. The van der Waals surface area contributed by atoms with Crippen molar-refractivity contribution >= 4 is 23.5 Å². The Morgan fingerprint density at radius 1 is 1.41 bits per heavy atom. The molecule has 3 amide bonds. The number of urea groups is 1. The molecule has 120 valence electrons. The lowest BCUT2D eigenvalue weighted by Gasteiger charge is -2.31. The number of benzene rings is 1. The van der Waals surface area contributed by atoms with Gasteiger partial charge in [0.15, 0.2) is 0 Å². The molecule has 1 heterocycles. The molecule has 1 saturated heterocycles. The van der Waals surface area contributed by atoms with Crippen LogP contribution < -0.4 is 15.8 Å². The molecule has 0 aliphatic carbocycles. The SMILES string of the molecule is NC(=O)[C@H]1CCCN(C(=O)NCCOc2ccccc2Cl)C1. The van der Waals surface area contributed by atoms with Crippen LogP contribution in [0.2, 0.25) is 5.02 Å². The largest absolute Gasteiger partial charge is 0.490 e. The Bertz CT molecular complexity index is 539. The average molecular weight is 326 g/mol. The van der Waals surface area contributed by atoms with Crippen molar-refractivity contribution in [2.45, 2.75) is 12.8 Å². The average Bonchev–Trinajstić information content (AvgIpc) is 2.53. The third kappa shape index (κ3) is 4.53. The molecule has 1 atom stereocenters. The summed E-state index contributed by atoms with van der Waals surface area (Å²) in [6.07, 6.45) is 1.53. The number of hydrogen-bond acceptors (Lipinski definition) is 3. The molecule has 7 heteroatoms. The Morgan fingerprint density at radius 3 is 2.91 bits per heavy atom. The monoisotopic (exact) mass is 325 g/mol. The number of ether oxygens (including phenoxy) is 1. The van der Waals surface area contributed by atoms with Gasteiger partial charge in [0, 0.05) is 13.1 Å². The number of primary amides is 1. The molecule has 0 saturated carbocycles. The van der Waals surface area contributed by atoms with E-state index in [-0.39, 0.29) is 17.9 Å². The highest BCUT2D eigenvalue weighted by Gasteiger charge is 2.26. The second-order valence-electron chi connectivity index (χ2n) is 5.20. The van der Waals surface area contributed by atoms with Crippen molar-refractivity contribution in [2.24, 2.45) is 11.7 Å². The van der Waals surface area contributed by atoms with Crippen LogP contribution in [0.3, 0.4) is 0 Å². The Morgan fingerprint density at radius 2 is 2.18 bits per heavy atom. The smallest absolute Gasteiger partial charge is 0.317 e. The van der Waals surface area contributed by atoms with Gasteiger partial charge in [-0.3, -0.25) is 4.79 Å². The molecule has 2 rings (SSSR count). The van der Waals surface area contributed by atoms with Gasteiger partial charge in [0.2, 0.25) is 5.91 Å². The molecule has 22 heavy (non-hydrogen) atoms. The highest BCUT2D eigenvalue weighted by molar-refractivity contribution is 6.32. The first-order valence-electron chi connectivity index (χ1n) is 7.27. The first-order valence-corrected chi connectivity index (χ1v) is 7.65. The number of nitrogens with one attached hydrogen (secondary N) is 1. The molecule has 1 aromatic carbocycles. The van der Waals surface area contributed by atoms with Crippen LogP contribution >= 0.6 is 11.6 Å². The van der Waals surface area contributed by atoms with Crippen molar-refractivity contribution < 1.29 is 14.3 Å². The van der Waals surface area contributed by atoms with Gasteiger partial charge < -0.3 is 20.7 Å². The number of amides is 3. The Kier molecular flexibility index (Phi) is 5.89. The first kappa shape index (κ1) is 16.4. The van der Waals surface area contributed by atoms with E-state index in [1.54, 1.807) is 17.0 Å². The van der Waals surface area contributed by atoms with Gasteiger partial charge in [0.05, 0.1) is 17.5 Å². The summed E-state index contributed by atoms with van der Waals surface area (Å²) in [6.45, 7) is 1.71. The van der Waals surface area contributed by atoms with Crippen molar-refractivity contribution in [1.82, 2.24) is 10.2 Å². The van der Waals surface area contributed by atoms with E-state index in [0.29, 0.717) is 37.0 Å². The lowest BCUT2D eigenvalue weighted by Crippen LogP contribution is -2.48. The first-order chi connectivity index (χ1) is 10.6. The Labute approximate surface area is 134 Å². The van der Waals surface area contributed by atoms with Crippen molar-refractivity contribution in [3.63, 3.8) is 0 Å². The number of nitrogens with two attached hydrogens (primary N) is 1. The van der Waals surface area contributed by atoms with Crippen LogP contribution in [0.1, 0.15) is 12.8 Å². The fourth-order valence-electron chi connectivity index (χ4n) is 2.39. The van der Waals surface area contributed by atoms with Gasteiger partial charge in [0.1, 0.15) is 12.4 Å². The number of carbonyl (C=O) groups excluding carboxylic acids is 2. The summed E-state index contributed by atoms with van der Waals surface area (Å²) in [6, 6.07) is 6.97. The standard InChI is InChI=1S/C15H20ClN3O3/c16-12-5-1-2-6-13(12)22-9-7-18-15(21)19-8-3-4-11(10-19)14(17)20/h1-2,5-6,11H,3-4,7-10H2,(H2,17,20)(H,18,21)/t11-/m0/s1. The number of carbonyl (C=O) groups is 2. The van der Waals surface area contributed by atoms with E-state index in [1.165, 1.54) is 0 Å². The van der Waals surface area contributed by atoms with Crippen LogP contribution in [0, 0.1) is 5.92 Å². The minimum absolute atomic E-state index is 0.200. The molecular weight excluding hydrogens is 306 g/mol. The minimum atomic E-state index is -0.348. The van der Waals surface area contributed by atoms with E-state index in [2.05, 4.69) is 5.32 Å². The predicted octanol–water partition coefficient (Wildman–Crippen LogP) is 1.63. The zero-order valence-corrected chi connectivity index (χ0v) is 13.0. The second-order valence-corrected chi connectivity index (χ2v) is 5.61. The molecule has 0 aromatic heterocycles. The molecule has 0 unspecified atom stereocenters. The van der Waals surface area contributed by atoms with Gasteiger partial charge in [-0.1, -0.05) is 23.7 Å². The number of para-hydroxylation sites is 1. The third-order valence-electron chi connectivity index (χ3n) is 3.58. The summed E-state index contributed by atoms with van der Waals surface area (Å²) in [7, 11) is 0. The van der Waals surface area contributed by atoms with Gasteiger partial charge in [-0.15, -0.1) is 0 Å². The van der Waals surface area contributed by atoms with Crippen molar-refractivity contribution in [3.05, 3.63) is 29.3 Å². The van der Waals surface area contributed by atoms with Crippen molar-refractivity contribution in [2.75, 3.05) is 26.2 Å². The fraction of sp³-hybridized carbons (Fsp3) is 0.467. The van der Waals surface area contributed by atoms with E-state index in [1.807, 2.05) is 12.1 Å². The summed E-state index contributed by atoms with van der Waals surface area (Å²) in [5, 5.41) is 3.30. The van der Waals surface area contributed by atoms with Gasteiger partial charge >= 0.3 is 6.03 Å². The van der Waals surface area contributed by atoms with Crippen LogP contribution in [0.5, 0.6) is 5.75 Å². The summed E-state index contributed by atoms with van der Waals surface area (Å²) in [5.74, 6) is -0.0105. The normalized spacial score (nSPS) is 17.9. The van der Waals surface area contributed by atoms with Gasteiger partial charge in [0.25, 0.3) is 0 Å². The minimum Gasteiger partial charge on any atom is -0.490 e. The molecule has 1 aliphatic heterocycles. The number of halogens is 1. The molecular formula is C15H20ClN3O3. The van der Waals surface area contributed by atoms with E-state index in [9.17, 15) is 9.59 Å². The molecule has 0 radical (unpaired) electrons. The maximum Gasteiger partial charge on any atom is 0.317 e. The van der Waals surface area contributed by atoms with E-state index >= 15 is 0 Å². The van der Waals surface area contributed by atoms with E-state index in [0.717, 1.165) is 12.8 Å². The molecule has 1 aromatic rings. The number of likely N-dealkylation sites (tertiary alicyclic amines) is 1. The van der Waals surface area contributed by atoms with Crippen LogP contribution in [0.15, 0.2) is 24.3 Å². The summed E-state index contributed by atoms with van der Waals surface area (Å²) < 4.78 is 5.49. The topological polar surface area (TPSA) is 84.7 Å². The van der Waals surface area contributed by atoms with Gasteiger partial charge in [-0.25, -0.2) is 4.79 Å². The molecule has 0 spiro atoms. The zero-order chi connectivity index (χ0) is 15.9. The maximum atomic E-state index is 12.0. The van der Waals surface area contributed by atoms with E-state index in [4.69, 9.17) is 22.1 Å². The van der Waals surface area contributed by atoms with E-state index < -0.39 is 0 Å². The summed E-state index contributed by atoms with van der Waals surface area (Å²) in [4.78, 5) is 24.8. The number of hydrogen-bond donors (Lipinski definition) is 2. The van der Waals surface area contributed by atoms with Crippen LogP contribution in [0.4, 0.5) is 4.79 Å². The quantitative estimate of drug-likeness (QED) is 0.807. The van der Waals surface area contributed by atoms with Crippen LogP contribution in [-0.2, 0) is 4.79 Å². The van der Waals surface area contributed by atoms with Gasteiger partial charge in [-0.05, 0) is 25.0 Å². The highest BCUT2D eigenvalue weighted by atomic mass is 35.5. The number of nitrogens with zero attached hydrogens (tertiary/aromatic N) is 1. The van der Waals surface area contributed by atoms with Crippen LogP contribution in [-0.4, -0.2) is 43.1 Å². The van der Waals surface area contributed by atoms with Gasteiger partial charge in [-0.2, -0.15) is 0 Å². The maximum absolute atomic E-state index is 12.0. The highest BCUT2D eigenvalue weighted by Crippen LogP contribution is 2.22. The predicted molar refractivity (Wildman–Crippen MR) is 83.8 cm³/mol. The molecule has 0 bridgehead atoms. The molecule has 1 aliphatic rings. The van der Waals surface area contributed by atoms with Crippen LogP contribution in [0.25, 0.3) is 0 Å². The molecule has 3 N–H and O–H groups in total. The lowest BCUT2D eigenvalue weighted by molar-refractivity contribution is -0.123. The fourth-order valence-corrected chi connectivity index (χ4v) is 2.58. The second kappa shape index (κ2) is 7.89. The lowest BCUT2D eigenvalue weighted by atomic mass is 9.98. The van der Waals surface area contributed by atoms with Crippen molar-refractivity contribution in [1.29, 1.82) is 0 Å².